The third-order valence-electron chi connectivity index (χ3n) is 4.87. The van der Waals surface area contributed by atoms with Gasteiger partial charge in [-0.25, -0.2) is 8.42 Å². The van der Waals surface area contributed by atoms with Crippen molar-refractivity contribution >= 4 is 21.9 Å². The molecule has 0 saturated carbocycles. The maximum absolute atomic E-state index is 13.1. The number of sulfonamides is 1. The van der Waals surface area contributed by atoms with Crippen LogP contribution in [0, 0.1) is 11.8 Å². The van der Waals surface area contributed by atoms with E-state index in [4.69, 9.17) is 9.15 Å². The van der Waals surface area contributed by atoms with E-state index in [0.717, 1.165) is 0 Å². The topological polar surface area (TPSA) is 115 Å². The molecule has 1 heterocycles. The smallest absolute Gasteiger partial charge is 0.322 e. The van der Waals surface area contributed by atoms with Crippen molar-refractivity contribution in [1.29, 1.82) is 0 Å². The van der Waals surface area contributed by atoms with Crippen molar-refractivity contribution in [1.82, 2.24) is 14.5 Å². The van der Waals surface area contributed by atoms with Gasteiger partial charge < -0.3 is 9.15 Å². The van der Waals surface area contributed by atoms with E-state index in [1.807, 2.05) is 33.8 Å². The number of carbonyl (C=O) groups is 1. The van der Waals surface area contributed by atoms with Gasteiger partial charge in [0.15, 0.2) is 0 Å². The Morgan fingerprint density at radius 3 is 2.21 bits per heavy atom. The number of nitrogens with zero attached hydrogens (tertiary/aromatic N) is 3. The summed E-state index contributed by atoms with van der Waals surface area (Å²) in [6.45, 7) is 8.77. The van der Waals surface area contributed by atoms with Gasteiger partial charge in [-0.3, -0.25) is 10.1 Å². The van der Waals surface area contributed by atoms with Crippen LogP contribution in [0.25, 0.3) is 11.5 Å². The number of hydrogen-bond acceptors (Lipinski definition) is 7. The predicted octanol–water partition coefficient (Wildman–Crippen LogP) is 4.30. The largest absolute Gasteiger partial charge is 0.496 e. The standard InChI is InChI=1S/C24H30N4O5S/c1-16(2)14-28(15-17(3)4)34(30,31)19-12-10-18(11-13-19)22(29)25-24-27-26-23(33-24)20-8-6-7-9-21(20)32-5/h6-13,16-17H,14-15H2,1-5H3,(H,25,27,29). The third-order valence-corrected chi connectivity index (χ3v) is 6.72. The van der Waals surface area contributed by atoms with Crippen LogP contribution in [0.2, 0.25) is 0 Å². The molecule has 0 unspecified atom stereocenters. The Kier molecular flexibility index (Phi) is 8.06. The number of aromatic nitrogens is 2. The summed E-state index contributed by atoms with van der Waals surface area (Å²) < 4.78 is 38.6. The number of para-hydroxylation sites is 1. The second-order valence-electron chi connectivity index (χ2n) is 8.70. The Morgan fingerprint density at radius 1 is 1.00 bits per heavy atom. The minimum atomic E-state index is -3.68. The zero-order valence-corrected chi connectivity index (χ0v) is 20.8. The van der Waals surface area contributed by atoms with Crippen molar-refractivity contribution in [3.8, 4) is 17.2 Å². The zero-order valence-electron chi connectivity index (χ0n) is 20.0. The molecule has 3 rings (SSSR count). The first-order valence-electron chi connectivity index (χ1n) is 11.0. The predicted molar refractivity (Wildman–Crippen MR) is 129 cm³/mol. The number of nitrogens with one attached hydrogen (secondary N) is 1. The summed E-state index contributed by atoms with van der Waals surface area (Å²) >= 11 is 0. The molecule has 3 aromatic rings. The van der Waals surface area contributed by atoms with Crippen LogP contribution in [-0.4, -0.2) is 49.0 Å². The van der Waals surface area contributed by atoms with E-state index < -0.39 is 15.9 Å². The van der Waals surface area contributed by atoms with Crippen molar-refractivity contribution in [3.05, 3.63) is 54.1 Å². The molecule has 0 aliphatic rings. The maximum Gasteiger partial charge on any atom is 0.322 e. The van der Waals surface area contributed by atoms with E-state index in [9.17, 15) is 13.2 Å². The van der Waals surface area contributed by atoms with Gasteiger partial charge in [0.25, 0.3) is 11.8 Å². The summed E-state index contributed by atoms with van der Waals surface area (Å²) in [6.07, 6.45) is 0. The quantitative estimate of drug-likeness (QED) is 0.454. The Morgan fingerprint density at radius 2 is 1.62 bits per heavy atom. The molecule has 0 radical (unpaired) electrons. The Bertz CT molecular complexity index is 1210. The van der Waals surface area contributed by atoms with Gasteiger partial charge >= 0.3 is 6.01 Å². The second-order valence-corrected chi connectivity index (χ2v) is 10.6. The van der Waals surface area contributed by atoms with Crippen LogP contribution in [0.4, 0.5) is 6.01 Å². The molecule has 34 heavy (non-hydrogen) atoms. The molecule has 0 fully saturated rings. The molecule has 10 heteroatoms. The van der Waals surface area contributed by atoms with E-state index in [1.165, 1.54) is 35.7 Å². The molecule has 0 bridgehead atoms. The number of benzene rings is 2. The summed E-state index contributed by atoms with van der Waals surface area (Å²) in [5, 5.41) is 10.4. The van der Waals surface area contributed by atoms with E-state index in [-0.39, 0.29) is 34.2 Å². The lowest BCUT2D eigenvalue weighted by Gasteiger charge is -2.25. The highest BCUT2D eigenvalue weighted by atomic mass is 32.2. The summed E-state index contributed by atoms with van der Waals surface area (Å²) in [6, 6.07) is 12.9. The van der Waals surface area contributed by atoms with Crippen LogP contribution in [0.15, 0.2) is 57.8 Å². The van der Waals surface area contributed by atoms with E-state index in [2.05, 4.69) is 15.5 Å². The molecule has 2 aromatic carbocycles. The molecule has 0 atom stereocenters. The summed E-state index contributed by atoms with van der Waals surface area (Å²) in [7, 11) is -2.14. The minimum absolute atomic E-state index is 0.0809. The number of ether oxygens (including phenoxy) is 1. The number of anilines is 1. The summed E-state index contributed by atoms with van der Waals surface area (Å²) in [5.74, 6) is 0.636. The summed E-state index contributed by atoms with van der Waals surface area (Å²) in [5.41, 5.74) is 0.857. The van der Waals surface area contributed by atoms with Gasteiger partial charge in [-0.15, -0.1) is 5.10 Å². The van der Waals surface area contributed by atoms with Crippen LogP contribution in [0.5, 0.6) is 5.75 Å². The van der Waals surface area contributed by atoms with Gasteiger partial charge in [0, 0.05) is 18.7 Å². The first-order chi connectivity index (χ1) is 16.1. The summed E-state index contributed by atoms with van der Waals surface area (Å²) in [4.78, 5) is 12.8. The SMILES string of the molecule is COc1ccccc1-c1nnc(NC(=O)c2ccc(S(=O)(=O)N(CC(C)C)CC(C)C)cc2)o1. The monoisotopic (exact) mass is 486 g/mol. The molecule has 1 amide bonds. The molecule has 1 aromatic heterocycles. The molecule has 0 aliphatic carbocycles. The van der Waals surface area contributed by atoms with Crippen molar-refractivity contribution in [3.63, 3.8) is 0 Å². The van der Waals surface area contributed by atoms with Crippen LogP contribution in [0.3, 0.4) is 0 Å². The van der Waals surface area contributed by atoms with Gasteiger partial charge in [0.05, 0.1) is 17.6 Å². The number of rotatable bonds is 10. The van der Waals surface area contributed by atoms with Crippen LogP contribution in [0.1, 0.15) is 38.1 Å². The van der Waals surface area contributed by atoms with Gasteiger partial charge in [-0.05, 0) is 48.2 Å². The highest BCUT2D eigenvalue weighted by Crippen LogP contribution is 2.29. The van der Waals surface area contributed by atoms with E-state index in [1.54, 1.807) is 18.2 Å². The van der Waals surface area contributed by atoms with Gasteiger partial charge in [-0.2, -0.15) is 4.31 Å². The molecule has 0 aliphatic heterocycles. The molecule has 182 valence electrons. The average Bonchev–Trinajstić information content (AvgIpc) is 3.26. The van der Waals surface area contributed by atoms with Crippen molar-refractivity contribution in [2.45, 2.75) is 32.6 Å². The fraction of sp³-hybridized carbons (Fsp3) is 0.375. The molecular formula is C24H30N4O5S. The lowest BCUT2D eigenvalue weighted by atomic mass is 10.2. The number of amides is 1. The van der Waals surface area contributed by atoms with Gasteiger partial charge in [0.2, 0.25) is 10.0 Å². The van der Waals surface area contributed by atoms with E-state index in [0.29, 0.717) is 24.4 Å². The average molecular weight is 487 g/mol. The lowest BCUT2D eigenvalue weighted by molar-refractivity contribution is 0.102. The molecule has 0 spiro atoms. The minimum Gasteiger partial charge on any atom is -0.496 e. The maximum atomic E-state index is 13.1. The fourth-order valence-corrected chi connectivity index (χ4v) is 5.15. The number of carbonyl (C=O) groups excluding carboxylic acids is 1. The molecule has 1 N–H and O–H groups in total. The first kappa shape index (κ1) is 25.4. The fourth-order valence-electron chi connectivity index (χ4n) is 3.39. The Labute approximate surface area is 200 Å². The molecular weight excluding hydrogens is 456 g/mol. The van der Waals surface area contributed by atoms with Crippen LogP contribution < -0.4 is 10.1 Å². The van der Waals surface area contributed by atoms with Crippen molar-refractivity contribution in [2.75, 3.05) is 25.5 Å². The van der Waals surface area contributed by atoms with Gasteiger partial charge in [-0.1, -0.05) is 44.9 Å². The van der Waals surface area contributed by atoms with Gasteiger partial charge in [0.1, 0.15) is 5.75 Å². The molecule has 9 nitrogen and oxygen atoms in total. The highest BCUT2D eigenvalue weighted by Gasteiger charge is 2.26. The third kappa shape index (κ3) is 6.00. The van der Waals surface area contributed by atoms with Crippen LogP contribution in [-0.2, 0) is 10.0 Å². The van der Waals surface area contributed by atoms with E-state index >= 15 is 0 Å². The number of methoxy groups -OCH3 is 1. The highest BCUT2D eigenvalue weighted by molar-refractivity contribution is 7.89. The number of hydrogen-bond donors (Lipinski definition) is 1. The second kappa shape index (κ2) is 10.8. The first-order valence-corrected chi connectivity index (χ1v) is 12.4. The molecule has 0 saturated heterocycles. The Balaban J connectivity index is 1.75. The normalized spacial score (nSPS) is 11.9. The Hall–Kier alpha value is -3.24. The van der Waals surface area contributed by atoms with Crippen molar-refractivity contribution < 1.29 is 22.4 Å². The van der Waals surface area contributed by atoms with Crippen molar-refractivity contribution in [2.24, 2.45) is 11.8 Å². The zero-order chi connectivity index (χ0) is 24.9. The lowest BCUT2D eigenvalue weighted by Crippen LogP contribution is -2.37. The van der Waals surface area contributed by atoms with Crippen LogP contribution >= 0.6 is 0 Å².